The van der Waals surface area contributed by atoms with Crippen molar-refractivity contribution in [3.8, 4) is 0 Å². The van der Waals surface area contributed by atoms with Crippen LogP contribution in [0, 0.1) is 0 Å². The number of para-hydroxylation sites is 2. The number of carbonyl (C=O) groups excluding carboxylic acids is 1. The Morgan fingerprint density at radius 3 is 2.48 bits per heavy atom. The Bertz CT molecular complexity index is 1060. The molecular formula is C22H17BrN2O2. The number of hydrogen-bond acceptors (Lipinski definition) is 4. The number of anilines is 2. The average molecular weight is 421 g/mol. The number of carbonyl (C=O) groups is 1. The lowest BCUT2D eigenvalue weighted by molar-refractivity contribution is 0.0600. The van der Waals surface area contributed by atoms with Gasteiger partial charge < -0.3 is 9.64 Å². The minimum atomic E-state index is -0.349. The Balaban J connectivity index is 1.93. The second-order valence-electron chi connectivity index (χ2n) is 6.24. The van der Waals surface area contributed by atoms with Gasteiger partial charge in [-0.1, -0.05) is 40.2 Å². The van der Waals surface area contributed by atoms with Crippen LogP contribution in [0.1, 0.15) is 21.5 Å². The highest BCUT2D eigenvalue weighted by molar-refractivity contribution is 9.10. The minimum Gasteiger partial charge on any atom is -0.465 e. The molecule has 134 valence electrons. The van der Waals surface area contributed by atoms with Crippen molar-refractivity contribution in [1.82, 2.24) is 0 Å². The fourth-order valence-electron chi connectivity index (χ4n) is 3.25. The van der Waals surface area contributed by atoms with Gasteiger partial charge in [-0.2, -0.15) is 0 Å². The maximum Gasteiger partial charge on any atom is 0.337 e. The zero-order valence-electron chi connectivity index (χ0n) is 14.9. The van der Waals surface area contributed by atoms with Crippen molar-refractivity contribution in [1.29, 1.82) is 0 Å². The van der Waals surface area contributed by atoms with E-state index >= 15 is 0 Å². The summed E-state index contributed by atoms with van der Waals surface area (Å²) in [6.45, 7) is 0. The lowest BCUT2D eigenvalue weighted by Gasteiger charge is -2.21. The van der Waals surface area contributed by atoms with Gasteiger partial charge in [-0.25, -0.2) is 9.79 Å². The van der Waals surface area contributed by atoms with Crippen LogP contribution in [-0.4, -0.2) is 25.8 Å². The number of rotatable bonds is 2. The smallest absolute Gasteiger partial charge is 0.337 e. The largest absolute Gasteiger partial charge is 0.465 e. The molecule has 0 aliphatic carbocycles. The van der Waals surface area contributed by atoms with Crippen LogP contribution in [0.15, 0.2) is 76.2 Å². The Kier molecular flexibility index (Phi) is 4.54. The first-order valence-corrected chi connectivity index (χ1v) is 9.28. The minimum absolute atomic E-state index is 0.349. The highest BCUT2D eigenvalue weighted by Crippen LogP contribution is 2.40. The first-order chi connectivity index (χ1) is 13.1. The van der Waals surface area contributed by atoms with Gasteiger partial charge in [0.1, 0.15) is 0 Å². The van der Waals surface area contributed by atoms with Gasteiger partial charge in [0.05, 0.1) is 35.4 Å². The predicted octanol–water partition coefficient (Wildman–Crippen LogP) is 5.49. The van der Waals surface area contributed by atoms with Crippen molar-refractivity contribution in [3.63, 3.8) is 0 Å². The van der Waals surface area contributed by atoms with E-state index < -0.39 is 0 Å². The number of hydrogen-bond donors (Lipinski definition) is 0. The summed E-state index contributed by atoms with van der Waals surface area (Å²) in [5.74, 6) is -0.349. The number of methoxy groups -OCH3 is 1. The number of benzene rings is 3. The molecule has 0 unspecified atom stereocenters. The second kappa shape index (κ2) is 7.00. The lowest BCUT2D eigenvalue weighted by atomic mass is 9.99. The van der Waals surface area contributed by atoms with E-state index in [-0.39, 0.29) is 5.97 Å². The number of fused-ring (bicyclic) bond motifs is 2. The number of halogens is 1. The summed E-state index contributed by atoms with van der Waals surface area (Å²) >= 11 is 3.58. The van der Waals surface area contributed by atoms with Crippen LogP contribution in [0.3, 0.4) is 0 Å². The average Bonchev–Trinajstić information content (AvgIpc) is 2.82. The van der Waals surface area contributed by atoms with Gasteiger partial charge in [0.25, 0.3) is 0 Å². The third kappa shape index (κ3) is 3.15. The molecule has 27 heavy (non-hydrogen) atoms. The second-order valence-corrected chi connectivity index (χ2v) is 7.15. The molecule has 0 saturated heterocycles. The van der Waals surface area contributed by atoms with Crippen LogP contribution in [0.25, 0.3) is 0 Å². The van der Waals surface area contributed by atoms with Crippen molar-refractivity contribution in [2.75, 3.05) is 19.1 Å². The molecule has 3 aromatic rings. The van der Waals surface area contributed by atoms with E-state index in [1.165, 1.54) is 7.11 Å². The van der Waals surface area contributed by atoms with Gasteiger partial charge in [0.15, 0.2) is 0 Å². The van der Waals surface area contributed by atoms with E-state index in [0.717, 1.165) is 38.4 Å². The van der Waals surface area contributed by atoms with Gasteiger partial charge in [-0.15, -0.1) is 0 Å². The summed E-state index contributed by atoms with van der Waals surface area (Å²) in [6.07, 6.45) is 0. The van der Waals surface area contributed by atoms with Gasteiger partial charge in [0, 0.05) is 22.6 Å². The molecule has 0 fully saturated rings. The van der Waals surface area contributed by atoms with Gasteiger partial charge >= 0.3 is 5.97 Å². The van der Waals surface area contributed by atoms with Crippen molar-refractivity contribution in [2.24, 2.45) is 4.99 Å². The van der Waals surface area contributed by atoms with Crippen molar-refractivity contribution < 1.29 is 9.53 Å². The number of esters is 1. The molecule has 4 rings (SSSR count). The molecule has 0 amide bonds. The maximum atomic E-state index is 11.7. The number of ether oxygens (including phenoxy) is 1. The van der Waals surface area contributed by atoms with Crippen LogP contribution in [0.4, 0.5) is 17.1 Å². The Morgan fingerprint density at radius 1 is 1.00 bits per heavy atom. The zero-order valence-corrected chi connectivity index (χ0v) is 16.5. The lowest BCUT2D eigenvalue weighted by Crippen LogP contribution is -2.13. The molecule has 0 spiro atoms. The van der Waals surface area contributed by atoms with Gasteiger partial charge in [-0.05, 0) is 42.5 Å². The molecule has 4 nitrogen and oxygen atoms in total. The molecule has 1 aliphatic heterocycles. The normalized spacial score (nSPS) is 12.6. The van der Waals surface area contributed by atoms with Gasteiger partial charge in [0.2, 0.25) is 0 Å². The quantitative estimate of drug-likeness (QED) is 0.514. The first kappa shape index (κ1) is 17.5. The third-order valence-corrected chi connectivity index (χ3v) is 5.12. The van der Waals surface area contributed by atoms with Crippen LogP contribution in [-0.2, 0) is 4.74 Å². The van der Waals surface area contributed by atoms with E-state index in [1.54, 1.807) is 12.1 Å². The van der Waals surface area contributed by atoms with E-state index in [4.69, 9.17) is 9.73 Å². The monoisotopic (exact) mass is 420 g/mol. The standard InChI is InChI=1S/C22H17BrN2O2/c1-25-19-12-11-16(23)13-17(19)21(24-18-5-3-4-6-20(18)25)14-7-9-15(10-8-14)22(26)27-2/h3-13H,1-2H3. The Morgan fingerprint density at radius 2 is 1.74 bits per heavy atom. The molecule has 3 aromatic carbocycles. The first-order valence-electron chi connectivity index (χ1n) is 8.48. The summed E-state index contributed by atoms with van der Waals surface area (Å²) < 4.78 is 5.78. The van der Waals surface area contributed by atoms with Crippen LogP contribution >= 0.6 is 15.9 Å². The van der Waals surface area contributed by atoms with Crippen LogP contribution in [0.5, 0.6) is 0 Å². The fraction of sp³-hybridized carbons (Fsp3) is 0.0909. The Labute approximate surface area is 166 Å². The summed E-state index contributed by atoms with van der Waals surface area (Å²) in [4.78, 5) is 18.9. The summed E-state index contributed by atoms with van der Waals surface area (Å²) in [6, 6.07) is 21.6. The number of nitrogens with zero attached hydrogens (tertiary/aromatic N) is 2. The fourth-order valence-corrected chi connectivity index (χ4v) is 3.61. The number of aliphatic imine (C=N–C) groups is 1. The van der Waals surface area contributed by atoms with Crippen molar-refractivity contribution in [2.45, 2.75) is 0 Å². The molecule has 1 heterocycles. The molecule has 1 aliphatic rings. The van der Waals surface area contributed by atoms with Gasteiger partial charge in [-0.3, -0.25) is 0 Å². The zero-order chi connectivity index (χ0) is 19.0. The predicted molar refractivity (Wildman–Crippen MR) is 112 cm³/mol. The highest BCUT2D eigenvalue weighted by atomic mass is 79.9. The SMILES string of the molecule is COC(=O)c1ccc(C2=Nc3ccccc3N(C)c3ccc(Br)cc32)cc1. The van der Waals surface area contributed by atoms with E-state index in [2.05, 4.69) is 39.0 Å². The molecule has 5 heteroatoms. The molecule has 0 bridgehead atoms. The van der Waals surface area contributed by atoms with E-state index in [0.29, 0.717) is 5.56 Å². The maximum absolute atomic E-state index is 11.7. The van der Waals surface area contributed by atoms with Crippen molar-refractivity contribution in [3.05, 3.63) is 87.9 Å². The van der Waals surface area contributed by atoms with Crippen LogP contribution in [0.2, 0.25) is 0 Å². The highest BCUT2D eigenvalue weighted by Gasteiger charge is 2.22. The van der Waals surface area contributed by atoms with Crippen LogP contribution < -0.4 is 4.90 Å². The molecule has 0 saturated carbocycles. The van der Waals surface area contributed by atoms with E-state index in [1.807, 2.05) is 43.4 Å². The molecule has 0 N–H and O–H groups in total. The summed E-state index contributed by atoms with van der Waals surface area (Å²) in [7, 11) is 3.43. The topological polar surface area (TPSA) is 41.9 Å². The molecular weight excluding hydrogens is 404 g/mol. The Hall–Kier alpha value is -2.92. The van der Waals surface area contributed by atoms with Crippen molar-refractivity contribution >= 4 is 44.7 Å². The van der Waals surface area contributed by atoms with E-state index in [9.17, 15) is 4.79 Å². The summed E-state index contributed by atoms with van der Waals surface area (Å²) in [5, 5.41) is 0. The summed E-state index contributed by atoms with van der Waals surface area (Å²) in [5.41, 5.74) is 6.35. The molecule has 0 radical (unpaired) electrons. The molecule has 0 atom stereocenters. The molecule has 0 aromatic heterocycles. The third-order valence-electron chi connectivity index (χ3n) is 4.63.